The molecule has 1 heterocycles. The van der Waals surface area contributed by atoms with Crippen LogP contribution in [0.4, 0.5) is 5.69 Å². The molecule has 0 radical (unpaired) electrons. The van der Waals surface area contributed by atoms with Crippen LogP contribution in [0.3, 0.4) is 0 Å². The normalized spacial score (nSPS) is 14.9. The van der Waals surface area contributed by atoms with Crippen LogP contribution in [0.2, 0.25) is 5.02 Å². The summed E-state index contributed by atoms with van der Waals surface area (Å²) in [5, 5.41) is 3.89. The molecule has 0 saturated carbocycles. The zero-order valence-electron chi connectivity index (χ0n) is 12.0. The van der Waals surface area contributed by atoms with E-state index in [1.807, 2.05) is 0 Å². The van der Waals surface area contributed by atoms with Crippen molar-refractivity contribution in [3.05, 3.63) is 28.8 Å². The largest absolute Gasteiger partial charge is 0.312 e. The summed E-state index contributed by atoms with van der Waals surface area (Å²) in [4.78, 5) is 25.4. The summed E-state index contributed by atoms with van der Waals surface area (Å²) in [5.41, 5.74) is 1.12. The number of ketones is 1. The van der Waals surface area contributed by atoms with Crippen molar-refractivity contribution in [3.8, 4) is 0 Å². The number of nitrogens with zero attached hydrogens (tertiary/aromatic N) is 1. The molecule has 0 aromatic heterocycles. The molecular weight excluding hydrogens is 276 g/mol. The molecule has 108 valence electrons. The van der Waals surface area contributed by atoms with Gasteiger partial charge in [-0.15, -0.1) is 0 Å². The Morgan fingerprint density at radius 1 is 1.25 bits per heavy atom. The van der Waals surface area contributed by atoms with Crippen molar-refractivity contribution in [3.63, 3.8) is 0 Å². The fraction of sp³-hybridized carbons (Fsp3) is 0.467. The van der Waals surface area contributed by atoms with Crippen LogP contribution in [0.1, 0.15) is 37.6 Å². The summed E-state index contributed by atoms with van der Waals surface area (Å²) in [6.45, 7) is 7.57. The van der Waals surface area contributed by atoms with Crippen LogP contribution >= 0.6 is 11.6 Å². The molecule has 5 heteroatoms. The highest BCUT2D eigenvalue weighted by atomic mass is 35.5. The number of fused-ring (bicyclic) bond motifs is 1. The van der Waals surface area contributed by atoms with Crippen LogP contribution < -0.4 is 10.2 Å². The fourth-order valence-electron chi connectivity index (χ4n) is 2.19. The van der Waals surface area contributed by atoms with E-state index in [9.17, 15) is 9.59 Å². The minimum atomic E-state index is -0.460. The van der Waals surface area contributed by atoms with Crippen molar-refractivity contribution in [2.24, 2.45) is 0 Å². The van der Waals surface area contributed by atoms with E-state index >= 15 is 0 Å². The van der Waals surface area contributed by atoms with E-state index in [-0.39, 0.29) is 5.54 Å². The molecule has 1 aromatic carbocycles. The Morgan fingerprint density at radius 3 is 2.60 bits per heavy atom. The highest BCUT2D eigenvalue weighted by molar-refractivity contribution is 6.52. The predicted molar refractivity (Wildman–Crippen MR) is 80.5 cm³/mol. The van der Waals surface area contributed by atoms with Crippen LogP contribution in [0.25, 0.3) is 0 Å². The number of halogens is 1. The van der Waals surface area contributed by atoms with Gasteiger partial charge in [0.1, 0.15) is 0 Å². The number of amides is 1. The zero-order chi connectivity index (χ0) is 14.9. The quantitative estimate of drug-likeness (QED) is 0.686. The minimum Gasteiger partial charge on any atom is -0.312 e. The van der Waals surface area contributed by atoms with E-state index in [4.69, 9.17) is 11.6 Å². The van der Waals surface area contributed by atoms with E-state index in [2.05, 4.69) is 26.1 Å². The number of hydrogen-bond donors (Lipinski definition) is 1. The van der Waals surface area contributed by atoms with Crippen molar-refractivity contribution in [2.75, 3.05) is 18.0 Å². The van der Waals surface area contributed by atoms with Gasteiger partial charge in [0.05, 0.1) is 11.3 Å². The van der Waals surface area contributed by atoms with E-state index in [0.29, 0.717) is 22.8 Å². The van der Waals surface area contributed by atoms with Gasteiger partial charge < -0.3 is 10.2 Å². The van der Waals surface area contributed by atoms with Crippen molar-refractivity contribution in [2.45, 2.75) is 32.7 Å². The van der Waals surface area contributed by atoms with Gasteiger partial charge in [-0.2, -0.15) is 0 Å². The lowest BCUT2D eigenvalue weighted by Gasteiger charge is -2.22. The summed E-state index contributed by atoms with van der Waals surface area (Å²) < 4.78 is 0. The second-order valence-electron chi connectivity index (χ2n) is 5.98. The van der Waals surface area contributed by atoms with Gasteiger partial charge in [-0.1, -0.05) is 11.6 Å². The van der Waals surface area contributed by atoms with Gasteiger partial charge >= 0.3 is 0 Å². The van der Waals surface area contributed by atoms with Crippen LogP contribution in [0, 0.1) is 0 Å². The maximum absolute atomic E-state index is 12.0. The third-order valence-electron chi connectivity index (χ3n) is 3.15. The van der Waals surface area contributed by atoms with Crippen molar-refractivity contribution in [1.29, 1.82) is 0 Å². The minimum absolute atomic E-state index is 0.0477. The summed E-state index contributed by atoms with van der Waals surface area (Å²) in [5.74, 6) is -0.904. The van der Waals surface area contributed by atoms with E-state index in [0.717, 1.165) is 13.0 Å². The maximum atomic E-state index is 12.0. The highest BCUT2D eigenvalue weighted by Crippen LogP contribution is 2.31. The Balaban J connectivity index is 2.04. The maximum Gasteiger partial charge on any atom is 0.299 e. The third-order valence-corrected chi connectivity index (χ3v) is 3.38. The zero-order valence-corrected chi connectivity index (χ0v) is 12.8. The Bertz CT molecular complexity index is 549. The fourth-order valence-corrected chi connectivity index (χ4v) is 2.36. The molecule has 20 heavy (non-hydrogen) atoms. The average molecular weight is 295 g/mol. The summed E-state index contributed by atoms with van der Waals surface area (Å²) in [6, 6.07) is 4.93. The lowest BCUT2D eigenvalue weighted by molar-refractivity contribution is -0.114. The number of anilines is 1. The SMILES string of the molecule is CC(C)(C)NCCCN1C(=O)C(=O)c2ccc(Cl)cc21. The number of benzene rings is 1. The van der Waals surface area contributed by atoms with Crippen LogP contribution in [-0.2, 0) is 4.79 Å². The lowest BCUT2D eigenvalue weighted by atomic mass is 10.1. The smallest absolute Gasteiger partial charge is 0.299 e. The van der Waals surface area contributed by atoms with E-state index in [1.54, 1.807) is 18.2 Å². The summed E-state index contributed by atoms with van der Waals surface area (Å²) in [7, 11) is 0. The summed E-state index contributed by atoms with van der Waals surface area (Å²) >= 11 is 5.94. The molecule has 0 fully saturated rings. The van der Waals surface area contributed by atoms with Gasteiger partial charge in [-0.25, -0.2) is 0 Å². The Labute approximate surface area is 124 Å². The lowest BCUT2D eigenvalue weighted by Crippen LogP contribution is -2.38. The van der Waals surface area contributed by atoms with Gasteiger partial charge in [0.2, 0.25) is 0 Å². The number of rotatable bonds is 4. The van der Waals surface area contributed by atoms with Gasteiger partial charge in [0.15, 0.2) is 0 Å². The van der Waals surface area contributed by atoms with Gasteiger partial charge in [-0.3, -0.25) is 9.59 Å². The molecule has 1 N–H and O–H groups in total. The monoisotopic (exact) mass is 294 g/mol. The molecule has 1 aromatic rings. The average Bonchev–Trinajstić information content (AvgIpc) is 2.57. The highest BCUT2D eigenvalue weighted by Gasteiger charge is 2.35. The van der Waals surface area contributed by atoms with Crippen LogP contribution in [0.15, 0.2) is 18.2 Å². The van der Waals surface area contributed by atoms with Crippen LogP contribution in [0.5, 0.6) is 0 Å². The number of carbonyl (C=O) groups is 2. The standard InChI is InChI=1S/C15H19ClN2O2/c1-15(2,3)17-7-4-8-18-12-9-10(16)5-6-11(12)13(19)14(18)20/h5-6,9,17H,4,7-8H2,1-3H3. The Morgan fingerprint density at radius 2 is 1.95 bits per heavy atom. The Kier molecular flexibility index (Phi) is 4.16. The Hall–Kier alpha value is -1.39. The number of carbonyl (C=O) groups excluding carboxylic acids is 2. The van der Waals surface area contributed by atoms with Crippen LogP contribution in [-0.4, -0.2) is 30.3 Å². The van der Waals surface area contributed by atoms with Crippen molar-refractivity contribution < 1.29 is 9.59 Å². The number of Topliss-reactive ketones (excluding diaryl/α,β-unsaturated/α-hetero) is 1. The molecule has 1 amide bonds. The molecule has 0 aliphatic carbocycles. The molecule has 0 saturated heterocycles. The second kappa shape index (κ2) is 5.54. The molecule has 0 unspecified atom stereocenters. The van der Waals surface area contributed by atoms with Crippen molar-refractivity contribution in [1.82, 2.24) is 5.32 Å². The van der Waals surface area contributed by atoms with Gasteiger partial charge in [-0.05, 0) is 51.9 Å². The molecular formula is C15H19ClN2O2. The van der Waals surface area contributed by atoms with Crippen molar-refractivity contribution >= 4 is 29.0 Å². The first kappa shape index (κ1) is 15.0. The first-order valence-electron chi connectivity index (χ1n) is 6.70. The molecule has 1 aliphatic rings. The molecule has 0 atom stereocenters. The number of nitrogens with one attached hydrogen (secondary N) is 1. The molecule has 0 spiro atoms. The van der Waals surface area contributed by atoms with E-state index < -0.39 is 11.7 Å². The predicted octanol–water partition coefficient (Wildman–Crippen LogP) is 2.65. The molecule has 2 rings (SSSR count). The first-order chi connectivity index (χ1) is 9.29. The molecule has 4 nitrogen and oxygen atoms in total. The van der Waals surface area contributed by atoms with Gasteiger partial charge in [0, 0.05) is 17.1 Å². The first-order valence-corrected chi connectivity index (χ1v) is 7.08. The van der Waals surface area contributed by atoms with Gasteiger partial charge in [0.25, 0.3) is 11.7 Å². The van der Waals surface area contributed by atoms with E-state index in [1.165, 1.54) is 4.90 Å². The molecule has 1 aliphatic heterocycles. The summed E-state index contributed by atoms with van der Waals surface area (Å²) in [6.07, 6.45) is 0.780. The second-order valence-corrected chi connectivity index (χ2v) is 6.41. The molecule has 0 bridgehead atoms. The third kappa shape index (κ3) is 3.19. The topological polar surface area (TPSA) is 49.4 Å². The number of hydrogen-bond acceptors (Lipinski definition) is 3.